The van der Waals surface area contributed by atoms with Gasteiger partial charge in [0.1, 0.15) is 0 Å². The lowest BCUT2D eigenvalue weighted by Crippen LogP contribution is -2.48. The molecular formula is C20H23NO. The Morgan fingerprint density at radius 3 is 2.45 bits per heavy atom. The van der Waals surface area contributed by atoms with Gasteiger partial charge >= 0.3 is 0 Å². The molecule has 0 aromatic heterocycles. The fourth-order valence-electron chi connectivity index (χ4n) is 4.78. The first-order valence-corrected chi connectivity index (χ1v) is 8.08. The molecule has 1 aromatic rings. The van der Waals surface area contributed by atoms with Crippen LogP contribution in [-0.4, -0.2) is 5.78 Å². The van der Waals surface area contributed by atoms with Gasteiger partial charge in [-0.05, 0) is 42.1 Å². The number of carbonyl (C=O) groups excluding carboxylic acids is 1. The molecule has 0 bridgehead atoms. The number of benzene rings is 1. The molecule has 1 aromatic carbocycles. The van der Waals surface area contributed by atoms with Crippen molar-refractivity contribution in [2.45, 2.75) is 46.0 Å². The smallest absolute Gasteiger partial charge is 0.226 e. The van der Waals surface area contributed by atoms with E-state index in [1.807, 2.05) is 19.9 Å². The largest absolute Gasteiger partial charge is 0.307 e. The highest BCUT2D eigenvalue weighted by Gasteiger charge is 2.53. The van der Waals surface area contributed by atoms with Crippen molar-refractivity contribution in [3.8, 4) is 0 Å². The summed E-state index contributed by atoms with van der Waals surface area (Å²) < 4.78 is 0. The Kier molecular flexibility index (Phi) is 3.48. The minimum absolute atomic E-state index is 0.0307. The van der Waals surface area contributed by atoms with Crippen LogP contribution in [0.3, 0.4) is 0 Å². The molecule has 0 N–H and O–H groups in total. The molecule has 0 amide bonds. The number of nitrogens with zero attached hydrogens (tertiary/aromatic N) is 1. The summed E-state index contributed by atoms with van der Waals surface area (Å²) in [5.41, 5.74) is 1.24. The van der Waals surface area contributed by atoms with Gasteiger partial charge in [0.05, 0.1) is 6.57 Å². The van der Waals surface area contributed by atoms with Gasteiger partial charge in [-0.1, -0.05) is 57.2 Å². The van der Waals surface area contributed by atoms with Crippen molar-refractivity contribution in [3.63, 3.8) is 0 Å². The summed E-state index contributed by atoms with van der Waals surface area (Å²) in [5, 5.41) is 0. The Morgan fingerprint density at radius 2 is 1.82 bits per heavy atom. The van der Waals surface area contributed by atoms with Crippen LogP contribution >= 0.6 is 0 Å². The van der Waals surface area contributed by atoms with Crippen molar-refractivity contribution in [1.29, 1.82) is 0 Å². The number of hydrogen-bond acceptors (Lipinski definition) is 1. The lowest BCUT2D eigenvalue weighted by Gasteiger charge is -2.52. The van der Waals surface area contributed by atoms with E-state index >= 15 is 0 Å². The van der Waals surface area contributed by atoms with E-state index in [0.29, 0.717) is 17.5 Å². The monoisotopic (exact) mass is 293 g/mol. The average Bonchev–Trinajstić information content (AvgIpc) is 2.51. The SMILES string of the molecule is [C-]#[N+]C1=C[C@]2(C)C[C@@H](c3ccccc3)CC[C@H]2C(C)(C)C1=O. The molecule has 0 unspecified atom stereocenters. The number of rotatable bonds is 1. The Morgan fingerprint density at radius 1 is 1.14 bits per heavy atom. The third-order valence-corrected chi connectivity index (χ3v) is 5.83. The van der Waals surface area contributed by atoms with Gasteiger partial charge in [-0.25, -0.2) is 4.85 Å². The van der Waals surface area contributed by atoms with E-state index in [1.165, 1.54) is 5.56 Å². The molecule has 1 saturated carbocycles. The van der Waals surface area contributed by atoms with Gasteiger partial charge in [0, 0.05) is 5.41 Å². The third kappa shape index (κ3) is 2.20. The minimum atomic E-state index is -0.426. The second-order valence-electron chi connectivity index (χ2n) is 7.64. The molecule has 2 aliphatic rings. The quantitative estimate of drug-likeness (QED) is 0.668. The van der Waals surface area contributed by atoms with E-state index in [4.69, 9.17) is 6.57 Å². The van der Waals surface area contributed by atoms with Crippen LogP contribution in [0.1, 0.15) is 51.5 Å². The molecule has 22 heavy (non-hydrogen) atoms. The summed E-state index contributed by atoms with van der Waals surface area (Å²) in [6, 6.07) is 10.6. The molecule has 0 radical (unpaired) electrons. The van der Waals surface area contributed by atoms with Gasteiger partial charge < -0.3 is 4.79 Å². The van der Waals surface area contributed by atoms with Crippen LogP contribution in [0.25, 0.3) is 4.85 Å². The zero-order chi connectivity index (χ0) is 16.0. The maximum absolute atomic E-state index is 12.5. The Labute approximate surface area is 133 Å². The maximum Gasteiger partial charge on any atom is 0.226 e. The minimum Gasteiger partial charge on any atom is -0.307 e. The van der Waals surface area contributed by atoms with Crippen LogP contribution in [0.5, 0.6) is 0 Å². The van der Waals surface area contributed by atoms with E-state index in [0.717, 1.165) is 19.3 Å². The van der Waals surface area contributed by atoms with E-state index in [-0.39, 0.29) is 11.2 Å². The molecular weight excluding hydrogens is 270 g/mol. The van der Waals surface area contributed by atoms with Crippen LogP contribution in [0.15, 0.2) is 42.1 Å². The first-order valence-electron chi connectivity index (χ1n) is 8.08. The lowest BCUT2D eigenvalue weighted by atomic mass is 9.51. The first kappa shape index (κ1) is 15.0. The van der Waals surface area contributed by atoms with E-state index < -0.39 is 5.41 Å². The molecule has 0 spiro atoms. The molecule has 2 nitrogen and oxygen atoms in total. The number of hydrogen-bond donors (Lipinski definition) is 0. The maximum atomic E-state index is 12.5. The summed E-state index contributed by atoms with van der Waals surface area (Å²) in [4.78, 5) is 16.1. The lowest BCUT2D eigenvalue weighted by molar-refractivity contribution is -0.131. The Balaban J connectivity index is 1.99. The van der Waals surface area contributed by atoms with Crippen LogP contribution < -0.4 is 0 Å². The number of allylic oxidation sites excluding steroid dienone is 2. The summed E-state index contributed by atoms with van der Waals surface area (Å²) in [6.07, 6.45) is 5.18. The number of fused-ring (bicyclic) bond motifs is 1. The number of carbonyl (C=O) groups is 1. The van der Waals surface area contributed by atoms with E-state index in [9.17, 15) is 4.79 Å². The van der Waals surface area contributed by atoms with E-state index in [1.54, 1.807) is 0 Å². The van der Waals surface area contributed by atoms with Crippen LogP contribution in [0.2, 0.25) is 0 Å². The standard InChI is InChI=1S/C20H23NO/c1-19(2)17-11-10-15(14-8-6-5-7-9-14)12-20(17,3)13-16(21-4)18(19)22/h5-9,13,15,17H,10-12H2,1-3H3/t15-,17-,20-/m0/s1. The topological polar surface area (TPSA) is 21.4 Å². The highest BCUT2D eigenvalue weighted by molar-refractivity contribution is 6.02. The molecule has 0 aliphatic heterocycles. The van der Waals surface area contributed by atoms with Crippen LogP contribution in [-0.2, 0) is 4.79 Å². The summed E-state index contributed by atoms with van der Waals surface area (Å²) in [6.45, 7) is 13.6. The van der Waals surface area contributed by atoms with Gasteiger partial charge in [-0.15, -0.1) is 0 Å². The Bertz CT molecular complexity index is 665. The predicted octanol–water partition coefficient (Wildman–Crippen LogP) is 4.99. The van der Waals surface area contributed by atoms with Crippen LogP contribution in [0, 0.1) is 23.3 Å². The number of Topliss-reactive ketones (excluding diaryl/α,β-unsaturated/α-hetero) is 1. The van der Waals surface area contributed by atoms with Gasteiger partial charge in [-0.2, -0.15) is 0 Å². The van der Waals surface area contributed by atoms with Gasteiger partial charge in [0.2, 0.25) is 5.70 Å². The van der Waals surface area contributed by atoms with Crippen molar-refractivity contribution in [3.05, 3.63) is 59.1 Å². The van der Waals surface area contributed by atoms with Crippen molar-refractivity contribution in [2.75, 3.05) is 0 Å². The normalized spacial score (nSPS) is 33.5. The Hall–Kier alpha value is -1.88. The molecule has 0 heterocycles. The summed E-state index contributed by atoms with van der Waals surface area (Å²) >= 11 is 0. The van der Waals surface area contributed by atoms with Gasteiger partial charge in [0.15, 0.2) is 5.78 Å². The molecule has 2 aliphatic carbocycles. The summed E-state index contributed by atoms with van der Waals surface area (Å²) in [7, 11) is 0. The van der Waals surface area contributed by atoms with Gasteiger partial charge in [-0.3, -0.25) is 0 Å². The number of ketones is 1. The zero-order valence-electron chi connectivity index (χ0n) is 13.6. The fourth-order valence-corrected chi connectivity index (χ4v) is 4.78. The predicted molar refractivity (Wildman–Crippen MR) is 88.1 cm³/mol. The second kappa shape index (κ2) is 5.09. The average molecular weight is 293 g/mol. The highest BCUT2D eigenvalue weighted by Crippen LogP contribution is 2.58. The molecule has 3 atom stereocenters. The van der Waals surface area contributed by atoms with Crippen molar-refractivity contribution in [1.82, 2.24) is 0 Å². The molecule has 0 saturated heterocycles. The van der Waals surface area contributed by atoms with Gasteiger partial charge in [0.25, 0.3) is 0 Å². The van der Waals surface area contributed by atoms with Crippen molar-refractivity contribution < 1.29 is 4.79 Å². The molecule has 2 heteroatoms. The van der Waals surface area contributed by atoms with Crippen molar-refractivity contribution in [2.24, 2.45) is 16.7 Å². The first-order chi connectivity index (χ1) is 10.4. The van der Waals surface area contributed by atoms with E-state index in [2.05, 4.69) is 42.1 Å². The zero-order valence-corrected chi connectivity index (χ0v) is 13.6. The van der Waals surface area contributed by atoms with Crippen molar-refractivity contribution >= 4 is 5.78 Å². The molecule has 1 fully saturated rings. The fraction of sp³-hybridized carbons (Fsp3) is 0.500. The highest BCUT2D eigenvalue weighted by atomic mass is 16.1. The molecule has 3 rings (SSSR count). The van der Waals surface area contributed by atoms with Crippen LogP contribution in [0.4, 0.5) is 0 Å². The molecule has 114 valence electrons. The third-order valence-electron chi connectivity index (χ3n) is 5.83. The summed E-state index contributed by atoms with van der Waals surface area (Å²) in [5.74, 6) is 0.885. The second-order valence-corrected chi connectivity index (χ2v) is 7.64.